The summed E-state index contributed by atoms with van der Waals surface area (Å²) < 4.78 is 13.8. The lowest BCUT2D eigenvalue weighted by Crippen LogP contribution is -2.37. The van der Waals surface area contributed by atoms with Crippen LogP contribution in [0.15, 0.2) is 18.5 Å². The molecule has 0 amide bonds. The van der Waals surface area contributed by atoms with Crippen molar-refractivity contribution in [3.63, 3.8) is 0 Å². The lowest BCUT2D eigenvalue weighted by atomic mass is 9.91. The van der Waals surface area contributed by atoms with Gasteiger partial charge in [0.05, 0.1) is 11.9 Å². The third-order valence-corrected chi connectivity index (χ3v) is 3.94. The molecule has 1 aliphatic rings. The normalized spacial score (nSPS) is 24.3. The highest BCUT2D eigenvalue weighted by Gasteiger charge is 2.36. The van der Waals surface area contributed by atoms with Crippen molar-refractivity contribution in [1.29, 1.82) is 0 Å². The molecule has 2 rings (SSSR count). The third-order valence-electron chi connectivity index (χ3n) is 3.94. The fourth-order valence-electron chi connectivity index (χ4n) is 2.83. The molecule has 100 valence electrons. The van der Waals surface area contributed by atoms with E-state index in [-0.39, 0.29) is 5.82 Å². The highest BCUT2D eigenvalue weighted by molar-refractivity contribution is 5.47. The number of likely N-dealkylation sites (N-methyl/N-ethyl adjacent to an activating group) is 1. The summed E-state index contributed by atoms with van der Waals surface area (Å²) in [4.78, 5) is 8.21. The second kappa shape index (κ2) is 5.22. The summed E-state index contributed by atoms with van der Waals surface area (Å²) in [5.74, 6) is 0.958. The first kappa shape index (κ1) is 13.3. The lowest BCUT2D eigenvalue weighted by molar-refractivity contribution is 0.216. The smallest absolute Gasteiger partial charge is 0.164 e. The largest absolute Gasteiger partial charge is 0.367 e. The molecular weight excluding hydrogens is 229 g/mol. The zero-order valence-corrected chi connectivity index (χ0v) is 11.6. The summed E-state index contributed by atoms with van der Waals surface area (Å²) in [5.41, 5.74) is 0.681. The monoisotopic (exact) mass is 251 g/mol. The molecule has 0 saturated carbocycles. The van der Waals surface area contributed by atoms with Gasteiger partial charge in [0.2, 0.25) is 0 Å². The van der Waals surface area contributed by atoms with Crippen LogP contribution in [-0.4, -0.2) is 43.1 Å². The van der Waals surface area contributed by atoms with Crippen molar-refractivity contribution in [3.05, 3.63) is 24.3 Å². The molecule has 18 heavy (non-hydrogen) atoms. The van der Waals surface area contributed by atoms with Gasteiger partial charge in [-0.1, -0.05) is 13.8 Å². The van der Waals surface area contributed by atoms with Gasteiger partial charge in [-0.15, -0.1) is 0 Å². The van der Waals surface area contributed by atoms with E-state index in [1.165, 1.54) is 6.20 Å². The van der Waals surface area contributed by atoms with Gasteiger partial charge in [0.1, 0.15) is 0 Å². The first-order chi connectivity index (χ1) is 8.50. The van der Waals surface area contributed by atoms with Gasteiger partial charge in [-0.05, 0) is 32.0 Å². The maximum atomic E-state index is 13.8. The van der Waals surface area contributed by atoms with E-state index in [0.29, 0.717) is 23.6 Å². The number of nitrogens with zero attached hydrogens (tertiary/aromatic N) is 3. The second-order valence-corrected chi connectivity index (χ2v) is 5.67. The van der Waals surface area contributed by atoms with Gasteiger partial charge in [-0.25, -0.2) is 4.39 Å². The molecule has 0 aromatic carbocycles. The van der Waals surface area contributed by atoms with E-state index in [0.717, 1.165) is 13.1 Å². The van der Waals surface area contributed by atoms with Crippen molar-refractivity contribution in [2.45, 2.75) is 19.9 Å². The van der Waals surface area contributed by atoms with E-state index in [9.17, 15) is 4.39 Å². The van der Waals surface area contributed by atoms with Crippen LogP contribution in [0.1, 0.15) is 13.8 Å². The van der Waals surface area contributed by atoms with Crippen molar-refractivity contribution in [3.8, 4) is 0 Å². The van der Waals surface area contributed by atoms with Crippen LogP contribution in [0.5, 0.6) is 0 Å². The Morgan fingerprint density at radius 3 is 2.61 bits per heavy atom. The molecular formula is C14H22FN3. The van der Waals surface area contributed by atoms with E-state index >= 15 is 0 Å². The van der Waals surface area contributed by atoms with Gasteiger partial charge in [-0.2, -0.15) is 0 Å². The van der Waals surface area contributed by atoms with Crippen LogP contribution in [0, 0.1) is 17.7 Å². The summed E-state index contributed by atoms with van der Waals surface area (Å²) >= 11 is 0. The number of anilines is 1. The zero-order chi connectivity index (χ0) is 13.3. The molecule has 2 atom stereocenters. The van der Waals surface area contributed by atoms with Crippen LogP contribution < -0.4 is 4.90 Å². The molecule has 0 aliphatic carbocycles. The van der Waals surface area contributed by atoms with Gasteiger partial charge in [-0.3, -0.25) is 4.98 Å². The Labute approximate surface area is 109 Å². The molecule has 4 heteroatoms. The van der Waals surface area contributed by atoms with E-state index < -0.39 is 0 Å². The number of hydrogen-bond acceptors (Lipinski definition) is 3. The van der Waals surface area contributed by atoms with Crippen LogP contribution in [0.2, 0.25) is 0 Å². The Kier molecular flexibility index (Phi) is 3.85. The molecule has 0 radical (unpaired) electrons. The first-order valence-corrected chi connectivity index (χ1v) is 6.51. The summed E-state index contributed by atoms with van der Waals surface area (Å²) in [5, 5.41) is 0. The predicted molar refractivity (Wildman–Crippen MR) is 72.2 cm³/mol. The van der Waals surface area contributed by atoms with Crippen LogP contribution in [0.4, 0.5) is 10.1 Å². The first-order valence-electron chi connectivity index (χ1n) is 6.51. The van der Waals surface area contributed by atoms with Gasteiger partial charge in [0.15, 0.2) is 5.82 Å². The lowest BCUT2D eigenvalue weighted by Gasteiger charge is -2.27. The Hall–Kier alpha value is -1.16. The molecule has 1 saturated heterocycles. The summed E-state index contributed by atoms with van der Waals surface area (Å²) in [6.07, 6.45) is 2.95. The summed E-state index contributed by atoms with van der Waals surface area (Å²) in [6.45, 7) is 6.29. The van der Waals surface area contributed by atoms with Gasteiger partial charge < -0.3 is 9.80 Å². The van der Waals surface area contributed by atoms with E-state index in [1.54, 1.807) is 12.3 Å². The van der Waals surface area contributed by atoms with Crippen LogP contribution in [0.3, 0.4) is 0 Å². The van der Waals surface area contributed by atoms with Gasteiger partial charge >= 0.3 is 0 Å². The van der Waals surface area contributed by atoms with Crippen molar-refractivity contribution >= 4 is 5.69 Å². The molecule has 1 fully saturated rings. The standard InChI is InChI=1S/C14H22FN3/c1-10(2)11-8-18(9-14(11)17(3)4)13-5-6-16-7-12(13)15/h5-7,10-11,14H,8-9H2,1-4H3/t11-,14+/m1/s1. The third kappa shape index (κ3) is 2.48. The van der Waals surface area contributed by atoms with Crippen molar-refractivity contribution in [1.82, 2.24) is 9.88 Å². The van der Waals surface area contributed by atoms with Crippen LogP contribution in [-0.2, 0) is 0 Å². The molecule has 0 unspecified atom stereocenters. The van der Waals surface area contributed by atoms with Crippen LogP contribution >= 0.6 is 0 Å². The van der Waals surface area contributed by atoms with Gasteiger partial charge in [0, 0.05) is 25.3 Å². The second-order valence-electron chi connectivity index (χ2n) is 5.67. The minimum atomic E-state index is -0.223. The Morgan fingerprint density at radius 1 is 1.39 bits per heavy atom. The highest BCUT2D eigenvalue weighted by atomic mass is 19.1. The maximum Gasteiger partial charge on any atom is 0.164 e. The summed E-state index contributed by atoms with van der Waals surface area (Å²) in [6, 6.07) is 2.25. The van der Waals surface area contributed by atoms with Crippen molar-refractivity contribution in [2.24, 2.45) is 11.8 Å². The van der Waals surface area contributed by atoms with Gasteiger partial charge in [0.25, 0.3) is 0 Å². The zero-order valence-electron chi connectivity index (χ0n) is 11.6. The van der Waals surface area contributed by atoms with Crippen molar-refractivity contribution < 1.29 is 4.39 Å². The minimum absolute atomic E-state index is 0.223. The number of rotatable bonds is 3. The molecule has 0 spiro atoms. The average Bonchev–Trinajstić information content (AvgIpc) is 2.74. The Balaban J connectivity index is 2.21. The average molecular weight is 251 g/mol. The fourth-order valence-corrected chi connectivity index (χ4v) is 2.83. The molecule has 2 heterocycles. The molecule has 1 aromatic heterocycles. The Bertz CT molecular complexity index is 390. The molecule has 1 aromatic rings. The van der Waals surface area contributed by atoms with E-state index in [2.05, 4.69) is 42.7 Å². The summed E-state index contributed by atoms with van der Waals surface area (Å²) in [7, 11) is 4.21. The van der Waals surface area contributed by atoms with Crippen molar-refractivity contribution in [2.75, 3.05) is 32.1 Å². The SMILES string of the molecule is CC(C)[C@H]1CN(c2ccncc2F)C[C@@H]1N(C)C. The minimum Gasteiger partial charge on any atom is -0.367 e. The van der Waals surface area contributed by atoms with E-state index in [1.807, 2.05) is 0 Å². The Morgan fingerprint density at radius 2 is 2.11 bits per heavy atom. The molecule has 0 bridgehead atoms. The quantitative estimate of drug-likeness (QED) is 0.821. The molecule has 3 nitrogen and oxygen atoms in total. The predicted octanol–water partition coefficient (Wildman–Crippen LogP) is 2.24. The maximum absolute atomic E-state index is 13.8. The van der Waals surface area contributed by atoms with E-state index in [4.69, 9.17) is 0 Å². The fraction of sp³-hybridized carbons (Fsp3) is 0.643. The number of halogens is 1. The number of hydrogen-bond donors (Lipinski definition) is 0. The van der Waals surface area contributed by atoms with Crippen LogP contribution in [0.25, 0.3) is 0 Å². The number of pyridine rings is 1. The molecule has 0 N–H and O–H groups in total. The highest BCUT2D eigenvalue weighted by Crippen LogP contribution is 2.31. The molecule has 1 aliphatic heterocycles. The topological polar surface area (TPSA) is 19.4 Å². The number of aromatic nitrogens is 1.